The minimum Gasteiger partial charge on any atom is -0.391 e. The van der Waals surface area contributed by atoms with E-state index in [2.05, 4.69) is 15.3 Å². The lowest BCUT2D eigenvalue weighted by Gasteiger charge is -2.29. The summed E-state index contributed by atoms with van der Waals surface area (Å²) in [7, 11) is 0. The summed E-state index contributed by atoms with van der Waals surface area (Å²) in [5.74, 6) is -0.311. The SMILES string of the molecule is Cc1nc(C)c(C(=O)NC(C)(C)C(C)O)nc1C. The Labute approximate surface area is 108 Å². The van der Waals surface area contributed by atoms with Crippen molar-refractivity contribution in [3.63, 3.8) is 0 Å². The van der Waals surface area contributed by atoms with Gasteiger partial charge in [0.25, 0.3) is 5.91 Å². The molecule has 0 bridgehead atoms. The summed E-state index contributed by atoms with van der Waals surface area (Å²) in [6, 6.07) is 0. The summed E-state index contributed by atoms with van der Waals surface area (Å²) in [4.78, 5) is 20.7. The largest absolute Gasteiger partial charge is 0.391 e. The number of nitrogens with zero attached hydrogens (tertiary/aromatic N) is 2. The number of aryl methyl sites for hydroxylation is 3. The van der Waals surface area contributed by atoms with E-state index in [9.17, 15) is 9.90 Å². The molecule has 1 rings (SSSR count). The van der Waals surface area contributed by atoms with Gasteiger partial charge in [-0.3, -0.25) is 9.78 Å². The molecule has 1 unspecified atom stereocenters. The van der Waals surface area contributed by atoms with Crippen molar-refractivity contribution in [2.45, 2.75) is 53.2 Å². The van der Waals surface area contributed by atoms with Crippen LogP contribution in [0.3, 0.4) is 0 Å². The summed E-state index contributed by atoms with van der Waals surface area (Å²) in [5, 5.41) is 12.4. The average molecular weight is 251 g/mol. The van der Waals surface area contributed by atoms with Crippen molar-refractivity contribution in [3.05, 3.63) is 22.8 Å². The molecule has 1 heterocycles. The van der Waals surface area contributed by atoms with Gasteiger partial charge in [0.05, 0.1) is 28.7 Å². The Bertz CT molecular complexity index is 468. The first-order chi connectivity index (χ1) is 8.15. The molecule has 100 valence electrons. The zero-order valence-corrected chi connectivity index (χ0v) is 11.8. The predicted molar refractivity (Wildman–Crippen MR) is 69.5 cm³/mol. The lowest BCUT2D eigenvalue weighted by molar-refractivity contribution is 0.0704. The van der Waals surface area contributed by atoms with Crippen molar-refractivity contribution in [2.75, 3.05) is 0 Å². The van der Waals surface area contributed by atoms with Crippen LogP contribution < -0.4 is 5.32 Å². The van der Waals surface area contributed by atoms with Gasteiger partial charge in [-0.05, 0) is 41.5 Å². The van der Waals surface area contributed by atoms with Gasteiger partial charge in [-0.2, -0.15) is 0 Å². The molecule has 1 atom stereocenters. The highest BCUT2D eigenvalue weighted by atomic mass is 16.3. The van der Waals surface area contributed by atoms with Gasteiger partial charge in [0.2, 0.25) is 0 Å². The smallest absolute Gasteiger partial charge is 0.272 e. The predicted octanol–water partition coefficient (Wildman–Crippen LogP) is 1.29. The first-order valence-electron chi connectivity index (χ1n) is 5.97. The number of carbonyl (C=O) groups is 1. The Morgan fingerprint density at radius 1 is 1.17 bits per heavy atom. The van der Waals surface area contributed by atoms with E-state index in [4.69, 9.17) is 0 Å². The average Bonchev–Trinajstić information content (AvgIpc) is 2.22. The molecule has 1 aromatic heterocycles. The van der Waals surface area contributed by atoms with Gasteiger partial charge in [-0.25, -0.2) is 4.98 Å². The van der Waals surface area contributed by atoms with Crippen LogP contribution in [0, 0.1) is 20.8 Å². The third kappa shape index (κ3) is 3.04. The fourth-order valence-corrected chi connectivity index (χ4v) is 1.39. The van der Waals surface area contributed by atoms with E-state index in [-0.39, 0.29) is 5.91 Å². The van der Waals surface area contributed by atoms with Crippen molar-refractivity contribution in [1.29, 1.82) is 0 Å². The zero-order chi connectivity index (χ0) is 14.1. The Morgan fingerprint density at radius 3 is 2.17 bits per heavy atom. The number of aliphatic hydroxyl groups excluding tert-OH is 1. The van der Waals surface area contributed by atoms with E-state index in [1.165, 1.54) is 0 Å². The second-order valence-electron chi connectivity index (χ2n) is 5.18. The highest BCUT2D eigenvalue weighted by Gasteiger charge is 2.28. The molecule has 5 heteroatoms. The number of aromatic nitrogens is 2. The molecule has 1 amide bonds. The maximum atomic E-state index is 12.1. The lowest BCUT2D eigenvalue weighted by Crippen LogP contribution is -2.51. The molecule has 5 nitrogen and oxygen atoms in total. The molecule has 2 N–H and O–H groups in total. The van der Waals surface area contributed by atoms with Crippen LogP contribution in [0.5, 0.6) is 0 Å². The number of hydrogen-bond acceptors (Lipinski definition) is 4. The Kier molecular flexibility index (Phi) is 4.06. The molecular formula is C13H21N3O2. The second-order valence-corrected chi connectivity index (χ2v) is 5.18. The number of carbonyl (C=O) groups excluding carboxylic acids is 1. The van der Waals surface area contributed by atoms with Gasteiger partial charge in [0.15, 0.2) is 0 Å². The van der Waals surface area contributed by atoms with E-state index < -0.39 is 11.6 Å². The molecule has 0 fully saturated rings. The number of nitrogens with one attached hydrogen (secondary N) is 1. The Balaban J connectivity index is 3.02. The van der Waals surface area contributed by atoms with E-state index in [1.807, 2.05) is 13.8 Å². The van der Waals surface area contributed by atoms with Gasteiger partial charge in [-0.15, -0.1) is 0 Å². The lowest BCUT2D eigenvalue weighted by atomic mass is 9.98. The van der Waals surface area contributed by atoms with Crippen LogP contribution in [0.25, 0.3) is 0 Å². The van der Waals surface area contributed by atoms with E-state index in [0.717, 1.165) is 11.4 Å². The van der Waals surface area contributed by atoms with Gasteiger partial charge in [0, 0.05) is 0 Å². The molecule has 0 aliphatic heterocycles. The van der Waals surface area contributed by atoms with Crippen molar-refractivity contribution in [1.82, 2.24) is 15.3 Å². The fraction of sp³-hybridized carbons (Fsp3) is 0.615. The minimum absolute atomic E-state index is 0.311. The second kappa shape index (κ2) is 5.02. The molecular weight excluding hydrogens is 230 g/mol. The Morgan fingerprint density at radius 2 is 1.67 bits per heavy atom. The van der Waals surface area contributed by atoms with Gasteiger partial charge >= 0.3 is 0 Å². The van der Waals surface area contributed by atoms with Crippen LogP contribution in [0.1, 0.15) is 48.3 Å². The third-order valence-electron chi connectivity index (χ3n) is 3.18. The summed E-state index contributed by atoms with van der Waals surface area (Å²) >= 11 is 0. The molecule has 18 heavy (non-hydrogen) atoms. The molecule has 0 saturated carbocycles. The van der Waals surface area contributed by atoms with Crippen LogP contribution in [-0.2, 0) is 0 Å². The first-order valence-corrected chi connectivity index (χ1v) is 5.97. The maximum Gasteiger partial charge on any atom is 0.272 e. The van der Waals surface area contributed by atoms with Gasteiger partial charge < -0.3 is 10.4 Å². The fourth-order valence-electron chi connectivity index (χ4n) is 1.39. The summed E-state index contributed by atoms with van der Waals surface area (Å²) in [6.45, 7) is 10.6. The van der Waals surface area contributed by atoms with Crippen LogP contribution in [0.4, 0.5) is 0 Å². The summed E-state index contributed by atoms with van der Waals surface area (Å²) < 4.78 is 0. The van der Waals surface area contributed by atoms with Crippen molar-refractivity contribution < 1.29 is 9.90 Å². The van der Waals surface area contributed by atoms with Gasteiger partial charge in [0.1, 0.15) is 5.69 Å². The highest BCUT2D eigenvalue weighted by molar-refractivity contribution is 5.93. The standard InChI is InChI=1S/C13H21N3O2/c1-7-8(2)15-11(9(3)14-7)12(18)16-13(5,6)10(4)17/h10,17H,1-6H3,(H,16,18). The maximum absolute atomic E-state index is 12.1. The quantitative estimate of drug-likeness (QED) is 0.849. The molecule has 0 saturated heterocycles. The first kappa shape index (κ1) is 14.6. The molecule has 0 aromatic carbocycles. The van der Waals surface area contributed by atoms with Crippen LogP contribution in [-0.4, -0.2) is 32.6 Å². The van der Waals surface area contributed by atoms with Crippen LogP contribution in [0.15, 0.2) is 0 Å². The molecule has 0 aliphatic carbocycles. The van der Waals surface area contributed by atoms with E-state index >= 15 is 0 Å². The van der Waals surface area contributed by atoms with E-state index in [1.54, 1.807) is 27.7 Å². The monoisotopic (exact) mass is 251 g/mol. The topological polar surface area (TPSA) is 75.1 Å². The number of hydrogen-bond donors (Lipinski definition) is 2. The number of amides is 1. The number of aliphatic hydroxyl groups is 1. The summed E-state index contributed by atoms with van der Waals surface area (Å²) in [6.07, 6.45) is -0.652. The Hall–Kier alpha value is -1.49. The highest BCUT2D eigenvalue weighted by Crippen LogP contribution is 2.12. The number of rotatable bonds is 3. The minimum atomic E-state index is -0.704. The molecule has 0 spiro atoms. The van der Waals surface area contributed by atoms with E-state index in [0.29, 0.717) is 11.4 Å². The van der Waals surface area contributed by atoms with Crippen molar-refractivity contribution in [2.24, 2.45) is 0 Å². The molecule has 0 radical (unpaired) electrons. The van der Waals surface area contributed by atoms with Crippen molar-refractivity contribution in [3.8, 4) is 0 Å². The van der Waals surface area contributed by atoms with Crippen LogP contribution in [0.2, 0.25) is 0 Å². The zero-order valence-electron chi connectivity index (χ0n) is 11.8. The summed E-state index contributed by atoms with van der Waals surface area (Å²) in [5.41, 5.74) is 1.76. The van der Waals surface area contributed by atoms with Gasteiger partial charge in [-0.1, -0.05) is 0 Å². The van der Waals surface area contributed by atoms with Crippen molar-refractivity contribution >= 4 is 5.91 Å². The molecule has 1 aromatic rings. The van der Waals surface area contributed by atoms with Crippen LogP contribution >= 0.6 is 0 Å². The molecule has 0 aliphatic rings. The third-order valence-corrected chi connectivity index (χ3v) is 3.18. The normalized spacial score (nSPS) is 13.3.